The molecule has 0 aromatic rings. The number of methoxy groups -OCH3 is 1. The van der Waals surface area contributed by atoms with Gasteiger partial charge >= 0.3 is 5.92 Å². The molecule has 0 fully saturated rings. The van der Waals surface area contributed by atoms with E-state index in [-0.39, 0.29) is 19.0 Å². The number of ether oxygens (including phenoxy) is 3. The highest BCUT2D eigenvalue weighted by molar-refractivity contribution is 5.16. The van der Waals surface area contributed by atoms with Gasteiger partial charge in [0.05, 0.1) is 13.2 Å². The van der Waals surface area contributed by atoms with Gasteiger partial charge in [-0.2, -0.15) is 8.78 Å². The van der Waals surface area contributed by atoms with Crippen LogP contribution >= 0.6 is 0 Å². The Morgan fingerprint density at radius 2 is 2.05 bits per heavy atom. The third-order valence-corrected chi connectivity index (χ3v) is 2.26. The second-order valence-corrected chi connectivity index (χ2v) is 4.01. The fourth-order valence-corrected chi connectivity index (χ4v) is 1.23. The second-order valence-electron chi connectivity index (χ2n) is 4.01. The van der Waals surface area contributed by atoms with E-state index in [1.54, 1.807) is 6.92 Å². The minimum atomic E-state index is -3.52. The Hall–Kier alpha value is -0.980. The zero-order valence-electron chi connectivity index (χ0n) is 11.6. The van der Waals surface area contributed by atoms with E-state index >= 15 is 0 Å². The highest BCUT2D eigenvalue weighted by atomic mass is 19.3. The summed E-state index contributed by atoms with van der Waals surface area (Å²) in [5.74, 6) is -4.13. The number of aliphatic hydroxyl groups excluding tert-OH is 1. The number of rotatable bonds is 10. The van der Waals surface area contributed by atoms with E-state index in [4.69, 9.17) is 14.2 Å². The molecule has 0 bridgehead atoms. The molecule has 1 atom stereocenters. The minimum absolute atomic E-state index is 0.0316. The van der Waals surface area contributed by atoms with Crippen molar-refractivity contribution in [2.24, 2.45) is 0 Å². The quantitative estimate of drug-likeness (QED) is 0.289. The molecule has 0 radical (unpaired) electrons. The number of alkyl halides is 2. The normalized spacial score (nSPS) is 14.3. The average molecular weight is 280 g/mol. The van der Waals surface area contributed by atoms with Crippen LogP contribution in [0, 0.1) is 0 Å². The van der Waals surface area contributed by atoms with E-state index in [2.05, 4.69) is 6.58 Å². The molecule has 0 heterocycles. The molecule has 0 saturated heterocycles. The van der Waals surface area contributed by atoms with Crippen molar-refractivity contribution in [1.29, 1.82) is 0 Å². The van der Waals surface area contributed by atoms with Gasteiger partial charge in [0.15, 0.2) is 12.6 Å². The van der Waals surface area contributed by atoms with Crippen molar-refractivity contribution in [3.05, 3.63) is 24.0 Å². The fourth-order valence-electron chi connectivity index (χ4n) is 1.23. The molecular weight excluding hydrogens is 258 g/mol. The summed E-state index contributed by atoms with van der Waals surface area (Å²) in [7, 11) is 1.50. The van der Waals surface area contributed by atoms with Gasteiger partial charge in [0.25, 0.3) is 0 Å². The molecule has 0 aromatic heterocycles. The molecule has 112 valence electrons. The number of aliphatic hydroxyl groups is 1. The molecule has 1 N–H and O–H groups in total. The predicted molar refractivity (Wildman–Crippen MR) is 67.9 cm³/mol. The van der Waals surface area contributed by atoms with Crippen molar-refractivity contribution >= 4 is 0 Å². The molecule has 0 aliphatic heterocycles. The largest absolute Gasteiger partial charge is 0.466 e. The first-order valence-electron chi connectivity index (χ1n) is 5.99. The average Bonchev–Trinajstić information content (AvgIpc) is 2.36. The zero-order chi connectivity index (χ0) is 14.9. The Balaban J connectivity index is 4.55. The fraction of sp³-hybridized carbons (Fsp3) is 0.692. The first-order valence-corrected chi connectivity index (χ1v) is 5.99. The van der Waals surface area contributed by atoms with Crippen LogP contribution in [0.4, 0.5) is 8.78 Å². The number of allylic oxidation sites excluding steroid dienone is 1. The van der Waals surface area contributed by atoms with Crippen molar-refractivity contribution in [3.63, 3.8) is 0 Å². The molecule has 0 aliphatic rings. The molecule has 4 nitrogen and oxygen atoms in total. The third kappa shape index (κ3) is 6.13. The third-order valence-electron chi connectivity index (χ3n) is 2.26. The Labute approximate surface area is 112 Å². The lowest BCUT2D eigenvalue weighted by atomic mass is 10.0. The molecule has 0 saturated carbocycles. The number of hydrogen-bond donors (Lipinski definition) is 1. The van der Waals surface area contributed by atoms with E-state index in [1.165, 1.54) is 20.1 Å². The summed E-state index contributed by atoms with van der Waals surface area (Å²) in [4.78, 5) is 0. The Morgan fingerprint density at radius 3 is 2.53 bits per heavy atom. The molecule has 1 unspecified atom stereocenters. The monoisotopic (exact) mass is 280 g/mol. The summed E-state index contributed by atoms with van der Waals surface area (Å²) in [5.41, 5.74) is -0.0316. The second kappa shape index (κ2) is 9.01. The van der Waals surface area contributed by atoms with Crippen LogP contribution in [0.15, 0.2) is 24.0 Å². The summed E-state index contributed by atoms with van der Waals surface area (Å²) < 4.78 is 42.4. The molecule has 6 heteroatoms. The summed E-state index contributed by atoms with van der Waals surface area (Å²) in [6.07, 6.45) is -0.415. The van der Waals surface area contributed by atoms with Crippen molar-refractivity contribution in [1.82, 2.24) is 0 Å². The maximum atomic E-state index is 13.9. The van der Waals surface area contributed by atoms with Gasteiger partial charge in [0.1, 0.15) is 6.10 Å². The van der Waals surface area contributed by atoms with E-state index in [0.29, 0.717) is 13.0 Å². The molecular formula is C13H22F2O4. The van der Waals surface area contributed by atoms with E-state index in [1.807, 2.05) is 0 Å². The van der Waals surface area contributed by atoms with Crippen molar-refractivity contribution in [2.75, 3.05) is 27.1 Å². The molecule has 0 spiro atoms. The standard InChI is InChI=1S/C13H22F2O4/c1-5-6-11(19-9-18-8-7-17-4)13(14,15)12(16)10(2)3/h6,12,16H,2,5,7-9H2,1,3-4H3/b11-6-. The first-order chi connectivity index (χ1) is 8.87. The highest BCUT2D eigenvalue weighted by Crippen LogP contribution is 2.32. The Morgan fingerprint density at radius 1 is 1.42 bits per heavy atom. The smallest absolute Gasteiger partial charge is 0.332 e. The van der Waals surface area contributed by atoms with Gasteiger partial charge in [-0.05, 0) is 25.0 Å². The topological polar surface area (TPSA) is 47.9 Å². The van der Waals surface area contributed by atoms with Gasteiger partial charge in [-0.25, -0.2) is 0 Å². The summed E-state index contributed by atoms with van der Waals surface area (Å²) in [5, 5.41) is 9.46. The zero-order valence-corrected chi connectivity index (χ0v) is 11.6. The minimum Gasteiger partial charge on any atom is -0.466 e. The molecule has 0 amide bonds. The summed E-state index contributed by atoms with van der Waals surface area (Å²) in [6.45, 7) is 6.61. The van der Waals surface area contributed by atoms with Crippen LogP contribution in [0.25, 0.3) is 0 Å². The van der Waals surface area contributed by atoms with E-state index in [9.17, 15) is 13.9 Å². The van der Waals surface area contributed by atoms with Crippen LogP contribution in [-0.2, 0) is 14.2 Å². The van der Waals surface area contributed by atoms with Crippen LogP contribution < -0.4 is 0 Å². The lowest BCUT2D eigenvalue weighted by molar-refractivity contribution is -0.126. The molecule has 0 aromatic carbocycles. The Kier molecular flexibility index (Phi) is 8.54. The van der Waals surface area contributed by atoms with Crippen LogP contribution in [0.3, 0.4) is 0 Å². The highest BCUT2D eigenvalue weighted by Gasteiger charge is 2.44. The molecule has 19 heavy (non-hydrogen) atoms. The number of halogens is 2. The van der Waals surface area contributed by atoms with Gasteiger partial charge in [-0.15, -0.1) is 0 Å². The van der Waals surface area contributed by atoms with Crippen LogP contribution in [0.1, 0.15) is 20.3 Å². The maximum absolute atomic E-state index is 13.9. The van der Waals surface area contributed by atoms with E-state index in [0.717, 1.165) is 0 Å². The van der Waals surface area contributed by atoms with Crippen molar-refractivity contribution in [3.8, 4) is 0 Å². The predicted octanol–water partition coefficient (Wildman–Crippen LogP) is 2.49. The number of hydrogen-bond acceptors (Lipinski definition) is 4. The van der Waals surface area contributed by atoms with Gasteiger partial charge in [-0.1, -0.05) is 13.5 Å². The van der Waals surface area contributed by atoms with Gasteiger partial charge < -0.3 is 19.3 Å². The lowest BCUT2D eigenvalue weighted by Gasteiger charge is -2.25. The van der Waals surface area contributed by atoms with Gasteiger partial charge in [-0.3, -0.25) is 0 Å². The first kappa shape index (κ1) is 18.0. The van der Waals surface area contributed by atoms with Crippen LogP contribution in [-0.4, -0.2) is 44.2 Å². The van der Waals surface area contributed by atoms with Crippen molar-refractivity contribution in [2.45, 2.75) is 32.3 Å². The van der Waals surface area contributed by atoms with Crippen LogP contribution in [0.5, 0.6) is 0 Å². The summed E-state index contributed by atoms with van der Waals surface area (Å²) in [6, 6.07) is 0. The van der Waals surface area contributed by atoms with Gasteiger partial charge in [0.2, 0.25) is 0 Å². The van der Waals surface area contributed by atoms with Crippen LogP contribution in [0.2, 0.25) is 0 Å². The molecule has 0 rings (SSSR count). The Bertz CT molecular complexity index is 303. The van der Waals surface area contributed by atoms with Gasteiger partial charge in [0, 0.05) is 7.11 Å². The molecule has 0 aliphatic carbocycles. The van der Waals surface area contributed by atoms with Crippen molar-refractivity contribution < 1.29 is 28.1 Å². The summed E-state index contributed by atoms with van der Waals surface area (Å²) >= 11 is 0. The lowest BCUT2D eigenvalue weighted by Crippen LogP contribution is -2.37. The maximum Gasteiger partial charge on any atom is 0.332 e. The SMILES string of the molecule is C=C(C)C(O)C(F)(F)/C(=C/CC)OCOCCOC. The van der Waals surface area contributed by atoms with E-state index < -0.39 is 17.8 Å².